The van der Waals surface area contributed by atoms with E-state index in [1.807, 2.05) is 0 Å². The molecule has 0 radical (unpaired) electrons. The highest BCUT2D eigenvalue weighted by atomic mass is 19.4. The van der Waals surface area contributed by atoms with Crippen LogP contribution in [-0.2, 0) is 19.1 Å². The van der Waals surface area contributed by atoms with Gasteiger partial charge in [-0.15, -0.1) is 0 Å². The van der Waals surface area contributed by atoms with Crippen molar-refractivity contribution in [1.29, 1.82) is 0 Å². The standard InChI is InChI=1S/C8H9F3N4O/c9-8(10,11)6-4-3-15(7(12)16)2-1-5(4)13-14-6/h1-3H2,(H2,12,16)(H,13,14). The van der Waals surface area contributed by atoms with Gasteiger partial charge in [0, 0.05) is 24.2 Å². The number of rotatable bonds is 0. The van der Waals surface area contributed by atoms with Crippen molar-refractivity contribution >= 4 is 6.03 Å². The van der Waals surface area contributed by atoms with Gasteiger partial charge in [0.15, 0.2) is 5.69 Å². The number of primary amides is 1. The minimum absolute atomic E-state index is 0.0116. The van der Waals surface area contributed by atoms with Crippen molar-refractivity contribution in [1.82, 2.24) is 15.1 Å². The van der Waals surface area contributed by atoms with Gasteiger partial charge in [-0.05, 0) is 0 Å². The maximum absolute atomic E-state index is 12.5. The Bertz CT molecular complexity index is 425. The summed E-state index contributed by atoms with van der Waals surface area (Å²) in [5, 5.41) is 5.58. The molecule has 1 aromatic rings. The van der Waals surface area contributed by atoms with Crippen LogP contribution in [0.15, 0.2) is 0 Å². The molecule has 2 amide bonds. The first-order chi connectivity index (χ1) is 7.39. The highest BCUT2D eigenvalue weighted by Gasteiger charge is 2.39. The largest absolute Gasteiger partial charge is 0.435 e. The van der Waals surface area contributed by atoms with Gasteiger partial charge in [-0.25, -0.2) is 4.79 Å². The van der Waals surface area contributed by atoms with Crippen LogP contribution in [0.5, 0.6) is 0 Å². The summed E-state index contributed by atoms with van der Waals surface area (Å²) in [7, 11) is 0. The van der Waals surface area contributed by atoms with Crippen molar-refractivity contribution < 1.29 is 18.0 Å². The molecule has 3 N–H and O–H groups in total. The van der Waals surface area contributed by atoms with Crippen LogP contribution in [0.3, 0.4) is 0 Å². The number of alkyl halides is 3. The number of halogens is 3. The number of hydrogen-bond donors (Lipinski definition) is 2. The number of nitrogens with one attached hydrogen (secondary N) is 1. The van der Waals surface area contributed by atoms with E-state index in [0.717, 1.165) is 4.90 Å². The maximum atomic E-state index is 12.5. The number of fused-ring (bicyclic) bond motifs is 1. The first-order valence-corrected chi connectivity index (χ1v) is 4.57. The number of nitrogens with zero attached hydrogens (tertiary/aromatic N) is 2. The van der Waals surface area contributed by atoms with E-state index in [9.17, 15) is 18.0 Å². The second kappa shape index (κ2) is 3.39. The Balaban J connectivity index is 2.35. The Hall–Kier alpha value is -1.73. The number of hydrogen-bond acceptors (Lipinski definition) is 2. The molecule has 2 heterocycles. The van der Waals surface area contributed by atoms with Gasteiger partial charge in [-0.2, -0.15) is 18.3 Å². The van der Waals surface area contributed by atoms with Crippen LogP contribution in [0.1, 0.15) is 17.0 Å². The summed E-state index contributed by atoms with van der Waals surface area (Å²) in [6.45, 7) is 0.165. The van der Waals surface area contributed by atoms with E-state index in [1.165, 1.54) is 0 Å². The molecule has 1 aliphatic rings. The Labute approximate surface area is 88.4 Å². The highest BCUT2D eigenvalue weighted by molar-refractivity contribution is 5.72. The summed E-state index contributed by atoms with van der Waals surface area (Å²) in [6, 6.07) is -0.722. The molecule has 0 atom stereocenters. The first kappa shape index (κ1) is 10.8. The number of amides is 2. The molecule has 1 aromatic heterocycles. The van der Waals surface area contributed by atoms with Gasteiger partial charge in [0.25, 0.3) is 0 Å². The molecular weight excluding hydrogens is 225 g/mol. The molecule has 16 heavy (non-hydrogen) atoms. The van der Waals surface area contributed by atoms with Crippen molar-refractivity contribution in [3.8, 4) is 0 Å². The van der Waals surface area contributed by atoms with Gasteiger partial charge in [0.2, 0.25) is 0 Å². The Kier molecular flexibility index (Phi) is 2.28. The van der Waals surface area contributed by atoms with Gasteiger partial charge in [-0.3, -0.25) is 5.10 Å². The van der Waals surface area contributed by atoms with Crippen LogP contribution < -0.4 is 5.73 Å². The fourth-order valence-corrected chi connectivity index (χ4v) is 1.72. The molecule has 0 bridgehead atoms. The zero-order valence-electron chi connectivity index (χ0n) is 8.14. The second-order valence-electron chi connectivity index (χ2n) is 3.54. The van der Waals surface area contributed by atoms with Crippen LogP contribution in [0.25, 0.3) is 0 Å². The van der Waals surface area contributed by atoms with E-state index in [2.05, 4.69) is 10.2 Å². The SMILES string of the molecule is NC(=O)N1CCc2[nH]nc(C(F)(F)F)c2C1. The Morgan fingerprint density at radius 3 is 2.75 bits per heavy atom. The third-order valence-corrected chi connectivity index (χ3v) is 2.51. The minimum Gasteiger partial charge on any atom is -0.351 e. The highest BCUT2D eigenvalue weighted by Crippen LogP contribution is 2.33. The average molecular weight is 234 g/mol. The number of aromatic amines is 1. The van der Waals surface area contributed by atoms with E-state index in [-0.39, 0.29) is 12.1 Å². The third-order valence-electron chi connectivity index (χ3n) is 2.51. The lowest BCUT2D eigenvalue weighted by molar-refractivity contribution is -0.142. The molecule has 0 saturated heterocycles. The number of urea groups is 1. The Morgan fingerprint density at radius 1 is 1.50 bits per heavy atom. The molecule has 1 aliphatic heterocycles. The predicted octanol–water partition coefficient (Wildman–Crippen LogP) is 0.865. The molecule has 0 saturated carbocycles. The number of carbonyl (C=O) groups is 1. The van der Waals surface area contributed by atoms with Crippen molar-refractivity contribution in [2.75, 3.05) is 6.54 Å². The van der Waals surface area contributed by atoms with Gasteiger partial charge >= 0.3 is 12.2 Å². The average Bonchev–Trinajstić information content (AvgIpc) is 2.58. The monoisotopic (exact) mass is 234 g/mol. The topological polar surface area (TPSA) is 75.0 Å². The lowest BCUT2D eigenvalue weighted by atomic mass is 10.1. The first-order valence-electron chi connectivity index (χ1n) is 4.57. The summed E-state index contributed by atoms with van der Waals surface area (Å²) in [6.07, 6.45) is -4.20. The van der Waals surface area contributed by atoms with E-state index in [0.29, 0.717) is 18.7 Å². The van der Waals surface area contributed by atoms with Gasteiger partial charge in [0.05, 0.1) is 6.54 Å². The van der Waals surface area contributed by atoms with Gasteiger partial charge in [-0.1, -0.05) is 0 Å². The summed E-state index contributed by atoms with van der Waals surface area (Å²) < 4.78 is 37.6. The number of aromatic nitrogens is 2. The summed E-state index contributed by atoms with van der Waals surface area (Å²) in [4.78, 5) is 12.0. The number of carbonyl (C=O) groups excluding carboxylic acids is 1. The van der Waals surface area contributed by atoms with Crippen molar-refractivity contribution in [2.24, 2.45) is 5.73 Å². The smallest absolute Gasteiger partial charge is 0.351 e. The van der Waals surface area contributed by atoms with E-state index < -0.39 is 17.9 Å². The number of nitrogens with two attached hydrogens (primary N) is 1. The van der Waals surface area contributed by atoms with Crippen molar-refractivity contribution in [2.45, 2.75) is 19.1 Å². The minimum atomic E-state index is -4.51. The fourth-order valence-electron chi connectivity index (χ4n) is 1.72. The molecule has 0 aromatic carbocycles. The zero-order chi connectivity index (χ0) is 11.9. The quantitative estimate of drug-likeness (QED) is 0.698. The van der Waals surface area contributed by atoms with Crippen molar-refractivity contribution in [3.05, 3.63) is 17.0 Å². The van der Waals surface area contributed by atoms with Crippen LogP contribution in [0.2, 0.25) is 0 Å². The normalized spacial score (nSPS) is 16.1. The summed E-state index contributed by atoms with van der Waals surface area (Å²) >= 11 is 0. The molecule has 2 rings (SSSR count). The van der Waals surface area contributed by atoms with Gasteiger partial charge < -0.3 is 10.6 Å². The van der Waals surface area contributed by atoms with Crippen LogP contribution in [0.4, 0.5) is 18.0 Å². The number of H-pyrrole nitrogens is 1. The molecule has 0 aliphatic carbocycles. The summed E-state index contributed by atoms with van der Waals surface area (Å²) in [5.74, 6) is 0. The molecular formula is C8H9F3N4O. The fraction of sp³-hybridized carbons (Fsp3) is 0.500. The van der Waals surface area contributed by atoms with E-state index in [4.69, 9.17) is 5.73 Å². The van der Waals surface area contributed by atoms with E-state index in [1.54, 1.807) is 0 Å². The van der Waals surface area contributed by atoms with Crippen molar-refractivity contribution in [3.63, 3.8) is 0 Å². The third kappa shape index (κ3) is 1.70. The maximum Gasteiger partial charge on any atom is 0.435 e. The lowest BCUT2D eigenvalue weighted by Crippen LogP contribution is -2.39. The van der Waals surface area contributed by atoms with Crippen LogP contribution in [0, 0.1) is 0 Å². The van der Waals surface area contributed by atoms with E-state index >= 15 is 0 Å². The van der Waals surface area contributed by atoms with Crippen LogP contribution in [-0.4, -0.2) is 27.7 Å². The second-order valence-corrected chi connectivity index (χ2v) is 3.54. The Morgan fingerprint density at radius 2 is 2.19 bits per heavy atom. The molecule has 0 fully saturated rings. The predicted molar refractivity (Wildman–Crippen MR) is 47.3 cm³/mol. The van der Waals surface area contributed by atoms with Crippen LogP contribution >= 0.6 is 0 Å². The summed E-state index contributed by atoms with van der Waals surface area (Å²) in [5.41, 5.74) is 4.50. The molecule has 8 heteroatoms. The lowest BCUT2D eigenvalue weighted by Gasteiger charge is -2.25. The van der Waals surface area contributed by atoms with Gasteiger partial charge in [0.1, 0.15) is 0 Å². The molecule has 5 nitrogen and oxygen atoms in total. The zero-order valence-corrected chi connectivity index (χ0v) is 8.14. The molecule has 88 valence electrons. The molecule has 0 spiro atoms. The molecule has 0 unspecified atom stereocenters.